The van der Waals surface area contributed by atoms with Crippen molar-refractivity contribution in [1.82, 2.24) is 4.90 Å². The van der Waals surface area contributed by atoms with Crippen LogP contribution in [0.4, 0.5) is 0 Å². The molecule has 0 aromatic rings. The van der Waals surface area contributed by atoms with E-state index >= 15 is 0 Å². The third kappa shape index (κ3) is 4.08. The van der Waals surface area contributed by atoms with Gasteiger partial charge in [-0.25, -0.2) is 0 Å². The van der Waals surface area contributed by atoms with Gasteiger partial charge >= 0.3 is 0 Å². The van der Waals surface area contributed by atoms with Crippen molar-refractivity contribution in [2.75, 3.05) is 26.2 Å². The molecule has 0 radical (unpaired) electrons. The summed E-state index contributed by atoms with van der Waals surface area (Å²) in [6.07, 6.45) is 2.75. The second-order valence-electron chi connectivity index (χ2n) is 4.50. The highest BCUT2D eigenvalue weighted by Gasteiger charge is 2.24. The zero-order chi connectivity index (χ0) is 10.4. The number of hydrogen-bond donors (Lipinski definition) is 0. The van der Waals surface area contributed by atoms with Gasteiger partial charge < -0.3 is 9.64 Å². The van der Waals surface area contributed by atoms with Gasteiger partial charge in [0.15, 0.2) is 0 Å². The monoisotopic (exact) mass is 196 g/mol. The molecule has 14 heavy (non-hydrogen) atoms. The second kappa shape index (κ2) is 5.33. The zero-order valence-electron chi connectivity index (χ0n) is 9.25. The Hall–Kier alpha value is -0.590. The lowest BCUT2D eigenvalue weighted by Gasteiger charge is -2.28. The number of ether oxygens (including phenoxy) is 1. The molecule has 0 aromatic heterocycles. The summed E-state index contributed by atoms with van der Waals surface area (Å²) in [5.41, 5.74) is -0.0247. The van der Waals surface area contributed by atoms with Gasteiger partial charge in [-0.3, -0.25) is 0 Å². The van der Waals surface area contributed by atoms with Crippen LogP contribution in [0, 0.1) is 11.3 Å². The van der Waals surface area contributed by atoms with Crippen molar-refractivity contribution in [3.05, 3.63) is 0 Å². The minimum Gasteiger partial charge on any atom is -0.374 e. The number of nitriles is 1. The SMILES string of the molecule is CC1(C)CN(CCCC#N)CCCO1. The first kappa shape index (κ1) is 11.5. The van der Waals surface area contributed by atoms with E-state index in [-0.39, 0.29) is 5.60 Å². The summed E-state index contributed by atoms with van der Waals surface area (Å²) in [5, 5.41) is 8.46. The summed E-state index contributed by atoms with van der Waals surface area (Å²) in [6, 6.07) is 2.19. The lowest BCUT2D eigenvalue weighted by Crippen LogP contribution is -2.38. The molecule has 0 aliphatic carbocycles. The third-order valence-electron chi connectivity index (χ3n) is 2.48. The molecule has 1 rings (SSSR count). The van der Waals surface area contributed by atoms with E-state index in [9.17, 15) is 0 Å². The van der Waals surface area contributed by atoms with Crippen LogP contribution in [0.1, 0.15) is 33.1 Å². The molecule has 3 heteroatoms. The molecule has 80 valence electrons. The van der Waals surface area contributed by atoms with Crippen LogP contribution in [0.3, 0.4) is 0 Å². The Bertz CT molecular complexity index is 208. The predicted octanol–water partition coefficient (Wildman–Crippen LogP) is 1.79. The summed E-state index contributed by atoms with van der Waals surface area (Å²) >= 11 is 0. The summed E-state index contributed by atoms with van der Waals surface area (Å²) in [4.78, 5) is 2.41. The maximum absolute atomic E-state index is 8.46. The van der Waals surface area contributed by atoms with Crippen molar-refractivity contribution in [1.29, 1.82) is 5.26 Å². The van der Waals surface area contributed by atoms with E-state index in [0.717, 1.165) is 39.1 Å². The molecule has 1 saturated heterocycles. The summed E-state index contributed by atoms with van der Waals surface area (Å²) < 4.78 is 5.72. The van der Waals surface area contributed by atoms with Crippen molar-refractivity contribution in [3.63, 3.8) is 0 Å². The standard InChI is InChI=1S/C11H20N2O/c1-11(2)10-13(7-4-3-6-12)8-5-9-14-11/h3-5,7-10H2,1-2H3. The molecule has 0 amide bonds. The minimum atomic E-state index is -0.0247. The van der Waals surface area contributed by atoms with Crippen LogP contribution in [0.15, 0.2) is 0 Å². The Morgan fingerprint density at radius 1 is 1.50 bits per heavy atom. The Morgan fingerprint density at radius 3 is 3.00 bits per heavy atom. The summed E-state index contributed by atoms with van der Waals surface area (Å²) in [6.45, 7) is 8.25. The second-order valence-corrected chi connectivity index (χ2v) is 4.50. The van der Waals surface area contributed by atoms with Crippen LogP contribution in [-0.2, 0) is 4.74 Å². The molecule has 0 bridgehead atoms. The maximum atomic E-state index is 8.46. The van der Waals surface area contributed by atoms with Gasteiger partial charge in [0.25, 0.3) is 0 Å². The Balaban J connectivity index is 2.33. The number of rotatable bonds is 3. The fraction of sp³-hybridized carbons (Fsp3) is 0.909. The van der Waals surface area contributed by atoms with Gasteiger partial charge in [-0.15, -0.1) is 0 Å². The van der Waals surface area contributed by atoms with Crippen molar-refractivity contribution in [2.45, 2.75) is 38.7 Å². The molecule has 1 aliphatic heterocycles. The highest BCUT2D eigenvalue weighted by atomic mass is 16.5. The average molecular weight is 196 g/mol. The predicted molar refractivity (Wildman–Crippen MR) is 55.9 cm³/mol. The normalized spacial score (nSPS) is 22.6. The van der Waals surface area contributed by atoms with Gasteiger partial charge in [-0.1, -0.05) is 0 Å². The molecule has 0 spiro atoms. The van der Waals surface area contributed by atoms with Crippen molar-refractivity contribution in [2.24, 2.45) is 0 Å². The van der Waals surface area contributed by atoms with Crippen LogP contribution in [0.25, 0.3) is 0 Å². The molecule has 0 N–H and O–H groups in total. The quantitative estimate of drug-likeness (QED) is 0.646. The molecule has 1 aliphatic rings. The van der Waals surface area contributed by atoms with Crippen LogP contribution >= 0.6 is 0 Å². The van der Waals surface area contributed by atoms with E-state index in [0.29, 0.717) is 6.42 Å². The summed E-state index contributed by atoms with van der Waals surface area (Å²) in [5.74, 6) is 0. The Morgan fingerprint density at radius 2 is 2.29 bits per heavy atom. The highest BCUT2D eigenvalue weighted by molar-refractivity contribution is 4.78. The lowest BCUT2D eigenvalue weighted by atomic mass is 10.1. The molecule has 1 fully saturated rings. The Labute approximate surface area is 86.6 Å². The van der Waals surface area contributed by atoms with E-state index in [1.54, 1.807) is 0 Å². The van der Waals surface area contributed by atoms with E-state index < -0.39 is 0 Å². The summed E-state index contributed by atoms with van der Waals surface area (Å²) in [7, 11) is 0. The van der Waals surface area contributed by atoms with Crippen LogP contribution in [0.2, 0.25) is 0 Å². The van der Waals surface area contributed by atoms with Gasteiger partial charge in [0.1, 0.15) is 0 Å². The van der Waals surface area contributed by atoms with E-state index in [2.05, 4.69) is 24.8 Å². The van der Waals surface area contributed by atoms with Crippen LogP contribution < -0.4 is 0 Å². The zero-order valence-corrected chi connectivity index (χ0v) is 9.25. The van der Waals surface area contributed by atoms with Crippen LogP contribution in [0.5, 0.6) is 0 Å². The topological polar surface area (TPSA) is 36.3 Å². The van der Waals surface area contributed by atoms with E-state index in [4.69, 9.17) is 10.00 Å². The van der Waals surface area contributed by atoms with E-state index in [1.807, 2.05) is 0 Å². The Kier molecular flexibility index (Phi) is 4.37. The van der Waals surface area contributed by atoms with Gasteiger partial charge in [0.2, 0.25) is 0 Å². The highest BCUT2D eigenvalue weighted by Crippen LogP contribution is 2.16. The molecule has 1 heterocycles. The molecular formula is C11H20N2O. The molecular weight excluding hydrogens is 176 g/mol. The van der Waals surface area contributed by atoms with Gasteiger partial charge in [-0.2, -0.15) is 5.26 Å². The average Bonchev–Trinajstić information content (AvgIpc) is 2.27. The molecule has 0 saturated carbocycles. The van der Waals surface area contributed by atoms with E-state index in [1.165, 1.54) is 0 Å². The van der Waals surface area contributed by atoms with Gasteiger partial charge in [0, 0.05) is 26.1 Å². The van der Waals surface area contributed by atoms with Crippen molar-refractivity contribution < 1.29 is 4.74 Å². The number of nitrogens with zero attached hydrogens (tertiary/aromatic N) is 2. The fourth-order valence-electron chi connectivity index (χ4n) is 1.87. The van der Waals surface area contributed by atoms with Crippen LogP contribution in [-0.4, -0.2) is 36.7 Å². The molecule has 0 aromatic carbocycles. The number of hydrogen-bond acceptors (Lipinski definition) is 3. The first-order valence-electron chi connectivity index (χ1n) is 5.37. The minimum absolute atomic E-state index is 0.0247. The molecule has 0 atom stereocenters. The molecule has 0 unspecified atom stereocenters. The lowest BCUT2D eigenvalue weighted by molar-refractivity contribution is -0.0172. The first-order valence-corrected chi connectivity index (χ1v) is 5.37. The maximum Gasteiger partial charge on any atom is 0.0752 e. The molecule has 3 nitrogen and oxygen atoms in total. The largest absolute Gasteiger partial charge is 0.374 e. The van der Waals surface area contributed by atoms with Gasteiger partial charge in [0.05, 0.1) is 11.7 Å². The van der Waals surface area contributed by atoms with Crippen molar-refractivity contribution in [3.8, 4) is 6.07 Å². The smallest absolute Gasteiger partial charge is 0.0752 e. The third-order valence-corrected chi connectivity index (χ3v) is 2.48. The van der Waals surface area contributed by atoms with Gasteiger partial charge in [-0.05, 0) is 33.2 Å². The van der Waals surface area contributed by atoms with Crippen molar-refractivity contribution >= 4 is 0 Å². The fourth-order valence-corrected chi connectivity index (χ4v) is 1.87. The number of unbranched alkanes of at least 4 members (excludes halogenated alkanes) is 1. The first-order chi connectivity index (χ1) is 6.64.